The van der Waals surface area contributed by atoms with Crippen LogP contribution in [0, 0.1) is 22.0 Å². The fraction of sp³-hybridized carbons (Fsp3) is 0.310. The minimum atomic E-state index is -0.610. The first-order valence-corrected chi connectivity index (χ1v) is 12.9. The first-order chi connectivity index (χ1) is 19.9. The van der Waals surface area contributed by atoms with E-state index in [0.717, 1.165) is 16.7 Å². The van der Waals surface area contributed by atoms with Crippen LogP contribution in [-0.4, -0.2) is 51.0 Å². The Hall–Kier alpha value is -5.00. The van der Waals surface area contributed by atoms with Crippen molar-refractivity contribution < 1.29 is 42.9 Å². The van der Waals surface area contributed by atoms with Crippen LogP contribution in [0.3, 0.4) is 0 Å². The molecule has 1 aliphatic carbocycles. The molecular weight excluding hydrogens is 536 g/mol. The Balaban J connectivity index is 1.32. The van der Waals surface area contributed by atoms with E-state index in [2.05, 4.69) is 5.32 Å². The second-order valence-corrected chi connectivity index (χ2v) is 9.87. The van der Waals surface area contributed by atoms with Crippen molar-refractivity contribution in [2.75, 3.05) is 39.5 Å². The van der Waals surface area contributed by atoms with Gasteiger partial charge in [-0.3, -0.25) is 19.7 Å². The van der Waals surface area contributed by atoms with Gasteiger partial charge in [0.05, 0.1) is 31.7 Å². The third-order valence-electron chi connectivity index (χ3n) is 7.59. The number of nitro groups is 1. The van der Waals surface area contributed by atoms with Crippen LogP contribution < -0.4 is 29.0 Å². The number of nitrogens with zero attached hydrogens (tertiary/aromatic N) is 1. The number of nitrogens with one attached hydrogen (secondary N) is 1. The van der Waals surface area contributed by atoms with Gasteiger partial charge in [-0.15, -0.1) is 0 Å². The number of carbonyl (C=O) groups is 2. The normalized spacial score (nSPS) is 20.0. The Kier molecular flexibility index (Phi) is 6.73. The molecule has 12 heteroatoms. The zero-order valence-corrected chi connectivity index (χ0v) is 22.2. The molecule has 3 aromatic rings. The van der Waals surface area contributed by atoms with Gasteiger partial charge in [-0.2, -0.15) is 0 Å². The van der Waals surface area contributed by atoms with Crippen LogP contribution in [0.15, 0.2) is 48.5 Å². The molecule has 1 fully saturated rings. The highest BCUT2D eigenvalue weighted by Crippen LogP contribution is 2.52. The summed E-state index contributed by atoms with van der Waals surface area (Å²) >= 11 is 0. The van der Waals surface area contributed by atoms with E-state index >= 15 is 0 Å². The summed E-state index contributed by atoms with van der Waals surface area (Å²) in [6, 6.07) is 13.2. The number of anilines is 1. The SMILES string of the molecule is COc1cc([C@@H]2c3cc4c(cc3C[C@H]3COC(=O)[C@@H]32)OCO4)cc(OC)c1OCC(=O)Nc1ccccc1[N+](=O)[O-]. The van der Waals surface area contributed by atoms with Crippen molar-refractivity contribution in [1.29, 1.82) is 0 Å². The van der Waals surface area contributed by atoms with Crippen molar-refractivity contribution in [2.45, 2.75) is 12.3 Å². The Morgan fingerprint density at radius 3 is 2.46 bits per heavy atom. The number of rotatable bonds is 8. The maximum absolute atomic E-state index is 13.0. The van der Waals surface area contributed by atoms with Gasteiger partial charge in [-0.1, -0.05) is 12.1 Å². The molecule has 0 radical (unpaired) electrons. The van der Waals surface area contributed by atoms with Gasteiger partial charge in [-0.25, -0.2) is 0 Å². The molecule has 1 saturated heterocycles. The van der Waals surface area contributed by atoms with Crippen molar-refractivity contribution in [3.63, 3.8) is 0 Å². The van der Waals surface area contributed by atoms with Gasteiger partial charge in [0, 0.05) is 17.9 Å². The second-order valence-electron chi connectivity index (χ2n) is 9.87. The van der Waals surface area contributed by atoms with E-state index in [4.69, 9.17) is 28.4 Å². The molecule has 1 amide bonds. The standard InChI is InChI=1S/C29H26N2O10/c1-36-23-9-16(10-24(37-2)28(23)38-13-25(32)30-19-5-3-4-6-20(19)31(34)35)26-18-11-22-21(40-14-41-22)8-15(18)7-17-12-39-29(33)27(17)26/h3-6,8-11,17,26-27H,7,12-14H2,1-2H3,(H,30,32)/t17-,26+,27-/m0/s1. The summed E-state index contributed by atoms with van der Waals surface area (Å²) < 4.78 is 33.8. The maximum Gasteiger partial charge on any atom is 0.310 e. The number of nitro benzene ring substituents is 1. The monoisotopic (exact) mass is 562 g/mol. The summed E-state index contributed by atoms with van der Waals surface area (Å²) in [5.74, 6) is 0.328. The number of esters is 1. The summed E-state index contributed by atoms with van der Waals surface area (Å²) in [4.78, 5) is 36.3. The lowest BCUT2D eigenvalue weighted by molar-refractivity contribution is -0.383. The third-order valence-corrected chi connectivity index (χ3v) is 7.59. The highest BCUT2D eigenvalue weighted by Gasteiger charge is 2.48. The molecule has 41 heavy (non-hydrogen) atoms. The predicted octanol–water partition coefficient (Wildman–Crippen LogP) is 3.84. The molecule has 3 aliphatic rings. The molecule has 0 spiro atoms. The van der Waals surface area contributed by atoms with E-state index < -0.39 is 23.4 Å². The Morgan fingerprint density at radius 1 is 1.05 bits per heavy atom. The zero-order valence-electron chi connectivity index (χ0n) is 22.2. The summed E-state index contributed by atoms with van der Waals surface area (Å²) in [6.07, 6.45) is 0.670. The number of cyclic esters (lactones) is 1. The molecule has 12 nitrogen and oxygen atoms in total. The highest BCUT2D eigenvalue weighted by atomic mass is 16.7. The van der Waals surface area contributed by atoms with Crippen LogP contribution >= 0.6 is 0 Å². The van der Waals surface area contributed by atoms with Crippen molar-refractivity contribution in [3.05, 3.63) is 75.3 Å². The number of hydrogen-bond donors (Lipinski definition) is 1. The first kappa shape index (κ1) is 26.2. The van der Waals surface area contributed by atoms with Crippen LogP contribution in [0.5, 0.6) is 28.7 Å². The topological polar surface area (TPSA) is 145 Å². The van der Waals surface area contributed by atoms with Crippen molar-refractivity contribution >= 4 is 23.3 Å². The van der Waals surface area contributed by atoms with Crippen molar-refractivity contribution in [1.82, 2.24) is 0 Å². The zero-order chi connectivity index (χ0) is 28.7. The lowest BCUT2D eigenvalue weighted by Crippen LogP contribution is -2.31. The average Bonchev–Trinajstić information content (AvgIpc) is 3.59. The largest absolute Gasteiger partial charge is 0.493 e. The summed E-state index contributed by atoms with van der Waals surface area (Å²) in [5, 5.41) is 13.8. The van der Waals surface area contributed by atoms with Gasteiger partial charge in [0.15, 0.2) is 29.6 Å². The average molecular weight is 563 g/mol. The van der Waals surface area contributed by atoms with Crippen LogP contribution in [0.25, 0.3) is 0 Å². The van der Waals surface area contributed by atoms with Crippen molar-refractivity contribution in [2.24, 2.45) is 11.8 Å². The fourth-order valence-electron chi connectivity index (χ4n) is 5.79. The molecule has 212 valence electrons. The molecule has 0 aromatic heterocycles. The van der Waals surface area contributed by atoms with Gasteiger partial charge >= 0.3 is 5.97 Å². The van der Waals surface area contributed by atoms with Gasteiger partial charge in [-0.05, 0) is 53.4 Å². The first-order valence-electron chi connectivity index (χ1n) is 12.9. The summed E-state index contributed by atoms with van der Waals surface area (Å²) in [5.41, 5.74) is 2.53. The van der Waals surface area contributed by atoms with E-state index in [1.807, 2.05) is 12.1 Å². The Labute approximate surface area is 234 Å². The van der Waals surface area contributed by atoms with Crippen LogP contribution in [0.2, 0.25) is 0 Å². The quantitative estimate of drug-likeness (QED) is 0.244. The Bertz CT molecular complexity index is 1530. The van der Waals surface area contributed by atoms with Gasteiger partial charge < -0.3 is 33.7 Å². The molecule has 6 rings (SSSR count). The number of ether oxygens (including phenoxy) is 6. The van der Waals surface area contributed by atoms with E-state index in [1.165, 1.54) is 32.4 Å². The number of fused-ring (bicyclic) bond motifs is 3. The lowest BCUT2D eigenvalue weighted by Gasteiger charge is -2.34. The van der Waals surface area contributed by atoms with Crippen LogP contribution in [0.4, 0.5) is 11.4 Å². The van der Waals surface area contributed by atoms with Gasteiger partial charge in [0.2, 0.25) is 12.5 Å². The smallest absolute Gasteiger partial charge is 0.310 e. The minimum Gasteiger partial charge on any atom is -0.493 e. The van der Waals surface area contributed by atoms with E-state index in [9.17, 15) is 19.7 Å². The summed E-state index contributed by atoms with van der Waals surface area (Å²) in [7, 11) is 2.91. The predicted molar refractivity (Wildman–Crippen MR) is 143 cm³/mol. The van der Waals surface area contributed by atoms with E-state index in [1.54, 1.807) is 18.2 Å². The van der Waals surface area contributed by atoms with Crippen LogP contribution in [-0.2, 0) is 20.7 Å². The molecule has 0 bridgehead atoms. The molecule has 2 heterocycles. The molecule has 3 atom stereocenters. The second kappa shape index (κ2) is 10.5. The molecule has 2 aliphatic heterocycles. The number of hydrogen-bond acceptors (Lipinski definition) is 10. The number of methoxy groups -OCH3 is 2. The lowest BCUT2D eigenvalue weighted by atomic mass is 9.67. The minimum absolute atomic E-state index is 0.0148. The third kappa shape index (κ3) is 4.71. The Morgan fingerprint density at radius 2 is 1.76 bits per heavy atom. The molecule has 1 N–H and O–H groups in total. The van der Waals surface area contributed by atoms with E-state index in [0.29, 0.717) is 24.5 Å². The van der Waals surface area contributed by atoms with E-state index in [-0.39, 0.29) is 53.2 Å². The highest BCUT2D eigenvalue weighted by molar-refractivity contribution is 5.94. The molecular formula is C29H26N2O10. The molecule has 3 aromatic carbocycles. The maximum atomic E-state index is 13.0. The number of carbonyl (C=O) groups excluding carboxylic acids is 2. The molecule has 0 unspecified atom stereocenters. The van der Waals surface area contributed by atoms with Crippen LogP contribution in [0.1, 0.15) is 22.6 Å². The van der Waals surface area contributed by atoms with Gasteiger partial charge in [0.1, 0.15) is 5.69 Å². The molecule has 0 saturated carbocycles. The number of para-hydroxylation sites is 2. The van der Waals surface area contributed by atoms with Gasteiger partial charge in [0.25, 0.3) is 11.6 Å². The number of amides is 1. The summed E-state index contributed by atoms with van der Waals surface area (Å²) in [6.45, 7) is -0.000415. The fourth-order valence-corrected chi connectivity index (χ4v) is 5.79. The number of benzene rings is 3. The van der Waals surface area contributed by atoms with Crippen molar-refractivity contribution in [3.8, 4) is 28.7 Å².